The molecule has 0 saturated carbocycles. The highest BCUT2D eigenvalue weighted by atomic mass is 32.1. The number of piperazine rings is 1. The van der Waals surface area contributed by atoms with E-state index in [-0.39, 0.29) is 29.7 Å². The van der Waals surface area contributed by atoms with Gasteiger partial charge in [0.2, 0.25) is 5.82 Å². The number of nitrogens with zero attached hydrogens (tertiary/aromatic N) is 5. The summed E-state index contributed by atoms with van der Waals surface area (Å²) in [7, 11) is 0. The monoisotopic (exact) mass is 620 g/mol. The number of carbonyl (C=O) groups is 1. The van der Waals surface area contributed by atoms with Crippen LogP contribution in [0.2, 0.25) is 0 Å². The highest BCUT2D eigenvalue weighted by molar-refractivity contribution is 7.17. The van der Waals surface area contributed by atoms with Crippen LogP contribution in [-0.4, -0.2) is 63.4 Å². The number of halogens is 3. The minimum atomic E-state index is -4.55. The fourth-order valence-electron chi connectivity index (χ4n) is 5.41. The Kier molecular flexibility index (Phi) is 8.34. The molecule has 2 aromatic carbocycles. The normalized spacial score (nSPS) is 14.7. The average molecular weight is 621 g/mol. The number of hydrogen-bond acceptors (Lipinski definition) is 9. The van der Waals surface area contributed by atoms with Crippen molar-refractivity contribution in [2.45, 2.75) is 26.2 Å². The number of rotatable bonds is 8. The number of amides is 1. The van der Waals surface area contributed by atoms with Crippen molar-refractivity contribution in [2.24, 2.45) is 0 Å². The van der Waals surface area contributed by atoms with Gasteiger partial charge in [0.1, 0.15) is 11.6 Å². The number of hydrogen-bond donors (Lipinski definition) is 3. The molecule has 1 aliphatic heterocycles. The number of nitrogen functional groups attached to an aromatic ring is 1. The van der Waals surface area contributed by atoms with Crippen molar-refractivity contribution in [3.8, 4) is 0 Å². The van der Waals surface area contributed by atoms with Crippen LogP contribution >= 0.6 is 11.3 Å². The van der Waals surface area contributed by atoms with E-state index in [4.69, 9.17) is 5.73 Å². The smallest absolute Gasteiger partial charge is 0.382 e. The Hall–Kier alpha value is -4.33. The number of thiophene rings is 1. The third kappa shape index (κ3) is 6.44. The van der Waals surface area contributed by atoms with Gasteiger partial charge in [-0.15, -0.1) is 11.3 Å². The largest absolute Gasteiger partial charge is 0.418 e. The zero-order valence-electron chi connectivity index (χ0n) is 24.0. The Morgan fingerprint density at radius 2 is 1.77 bits per heavy atom. The first-order valence-electron chi connectivity index (χ1n) is 14.3. The summed E-state index contributed by atoms with van der Waals surface area (Å²) in [6, 6.07) is 15.2. The number of alkyl halides is 3. The van der Waals surface area contributed by atoms with Gasteiger partial charge in [-0.05, 0) is 47.1 Å². The van der Waals surface area contributed by atoms with Gasteiger partial charge < -0.3 is 21.3 Å². The molecule has 6 rings (SSSR count). The topological polar surface area (TPSA) is 112 Å². The van der Waals surface area contributed by atoms with Crippen molar-refractivity contribution < 1.29 is 18.0 Å². The van der Waals surface area contributed by atoms with Gasteiger partial charge in [-0.1, -0.05) is 37.3 Å². The van der Waals surface area contributed by atoms with Crippen molar-refractivity contribution in [1.82, 2.24) is 24.8 Å². The molecule has 0 atom stereocenters. The molecule has 5 aromatic rings. The van der Waals surface area contributed by atoms with Gasteiger partial charge in [0.05, 0.1) is 28.0 Å². The van der Waals surface area contributed by atoms with Gasteiger partial charge in [-0.2, -0.15) is 13.2 Å². The predicted molar refractivity (Wildman–Crippen MR) is 168 cm³/mol. The van der Waals surface area contributed by atoms with Crippen LogP contribution in [0.15, 0.2) is 60.0 Å². The minimum Gasteiger partial charge on any atom is -0.382 e. The third-order valence-electron chi connectivity index (χ3n) is 7.75. The van der Waals surface area contributed by atoms with Crippen LogP contribution < -0.4 is 16.4 Å². The van der Waals surface area contributed by atoms with E-state index >= 15 is 0 Å². The highest BCUT2D eigenvalue weighted by Gasteiger charge is 2.34. The average Bonchev–Trinajstić information content (AvgIpc) is 3.50. The standard InChI is InChI=1S/C31H31F3N8OS/c1-2-41-10-12-42(13-11-41)18-19-7-8-23(22(15-19)31(32,33)34)36-17-25-21-6-4-3-5-20(21)16-26(37-25)39-30(43)29-38-24-9-14-44-27(24)28(35)40-29/h3-9,14-16,36H,2,10-13,17-18H2,1H3,(H2,35,38,40)(H,37,39,43). The molecule has 0 spiro atoms. The van der Waals surface area contributed by atoms with Crippen LogP contribution in [0.5, 0.6) is 0 Å². The molecule has 228 valence electrons. The fraction of sp³-hybridized carbons (Fsp3) is 0.290. The Morgan fingerprint density at radius 3 is 2.55 bits per heavy atom. The SMILES string of the molecule is CCN1CCN(Cc2ccc(NCc3nc(NC(=O)c4nc(N)c5sccc5n4)cc4ccccc34)c(C(F)(F)F)c2)CC1. The molecule has 0 aliphatic carbocycles. The van der Waals surface area contributed by atoms with E-state index < -0.39 is 17.6 Å². The van der Waals surface area contributed by atoms with E-state index in [2.05, 4.69) is 42.3 Å². The molecule has 1 saturated heterocycles. The predicted octanol–water partition coefficient (Wildman–Crippen LogP) is 5.84. The quantitative estimate of drug-likeness (QED) is 0.198. The van der Waals surface area contributed by atoms with Crippen molar-refractivity contribution in [3.05, 3.63) is 82.6 Å². The molecule has 4 heterocycles. The summed E-state index contributed by atoms with van der Waals surface area (Å²) >= 11 is 1.38. The lowest BCUT2D eigenvalue weighted by Crippen LogP contribution is -2.45. The fourth-order valence-corrected chi connectivity index (χ4v) is 6.14. The van der Waals surface area contributed by atoms with Gasteiger partial charge in [-0.25, -0.2) is 15.0 Å². The second kappa shape index (κ2) is 12.3. The highest BCUT2D eigenvalue weighted by Crippen LogP contribution is 2.36. The van der Waals surface area contributed by atoms with Gasteiger partial charge in [0.25, 0.3) is 5.91 Å². The molecule has 1 aliphatic rings. The van der Waals surface area contributed by atoms with Gasteiger partial charge in [-0.3, -0.25) is 9.69 Å². The maximum absolute atomic E-state index is 14.2. The van der Waals surface area contributed by atoms with E-state index in [0.29, 0.717) is 28.0 Å². The first kappa shape index (κ1) is 29.7. The lowest BCUT2D eigenvalue weighted by atomic mass is 10.1. The van der Waals surface area contributed by atoms with Crippen LogP contribution in [0.3, 0.4) is 0 Å². The zero-order chi connectivity index (χ0) is 30.8. The van der Waals surface area contributed by atoms with Crippen molar-refractivity contribution in [3.63, 3.8) is 0 Å². The third-order valence-corrected chi connectivity index (χ3v) is 8.67. The van der Waals surface area contributed by atoms with E-state index in [1.807, 2.05) is 29.6 Å². The number of nitrogens with two attached hydrogens (primary N) is 1. The summed E-state index contributed by atoms with van der Waals surface area (Å²) in [5, 5.41) is 8.99. The van der Waals surface area contributed by atoms with Crippen LogP contribution in [-0.2, 0) is 19.3 Å². The number of pyridine rings is 1. The second-order valence-corrected chi connectivity index (χ2v) is 11.6. The number of carbonyl (C=O) groups excluding carboxylic acids is 1. The van der Waals surface area contributed by atoms with Crippen LogP contribution in [0.1, 0.15) is 34.4 Å². The van der Waals surface area contributed by atoms with Crippen LogP contribution in [0, 0.1) is 0 Å². The summed E-state index contributed by atoms with van der Waals surface area (Å²) in [4.78, 5) is 30.6. The molecule has 0 radical (unpaired) electrons. The summed E-state index contributed by atoms with van der Waals surface area (Å²) in [5.41, 5.74) is 6.89. The molecule has 0 unspecified atom stereocenters. The maximum atomic E-state index is 14.2. The molecule has 9 nitrogen and oxygen atoms in total. The summed E-state index contributed by atoms with van der Waals surface area (Å²) < 4.78 is 43.3. The van der Waals surface area contributed by atoms with Crippen LogP contribution in [0.4, 0.5) is 30.5 Å². The summed E-state index contributed by atoms with van der Waals surface area (Å²) in [6.07, 6.45) is -4.55. The Balaban J connectivity index is 1.23. The number of aromatic nitrogens is 3. The number of likely N-dealkylation sites (N-methyl/N-ethyl adjacent to an activating group) is 1. The molecule has 3 aromatic heterocycles. The molecule has 1 amide bonds. The number of nitrogens with one attached hydrogen (secondary N) is 2. The Bertz CT molecular complexity index is 1820. The zero-order valence-corrected chi connectivity index (χ0v) is 24.8. The Labute approximate surface area is 255 Å². The Morgan fingerprint density at radius 1 is 1.00 bits per heavy atom. The first-order valence-corrected chi connectivity index (χ1v) is 15.2. The van der Waals surface area contributed by atoms with E-state index in [1.165, 1.54) is 23.5 Å². The summed E-state index contributed by atoms with van der Waals surface area (Å²) in [5.74, 6) is -0.285. The second-order valence-electron chi connectivity index (χ2n) is 10.6. The minimum absolute atomic E-state index is 0.00403. The molecule has 0 bridgehead atoms. The molecular weight excluding hydrogens is 589 g/mol. The van der Waals surface area contributed by atoms with Crippen LogP contribution in [0.25, 0.3) is 21.0 Å². The number of fused-ring (bicyclic) bond motifs is 2. The van der Waals surface area contributed by atoms with E-state index in [0.717, 1.165) is 43.5 Å². The number of anilines is 3. The first-order chi connectivity index (χ1) is 21.2. The maximum Gasteiger partial charge on any atom is 0.418 e. The lowest BCUT2D eigenvalue weighted by molar-refractivity contribution is -0.137. The van der Waals surface area contributed by atoms with Gasteiger partial charge >= 0.3 is 6.18 Å². The van der Waals surface area contributed by atoms with E-state index in [1.54, 1.807) is 18.2 Å². The van der Waals surface area contributed by atoms with E-state index in [9.17, 15) is 18.0 Å². The molecular formula is C31H31F3N8OS. The van der Waals surface area contributed by atoms with Crippen molar-refractivity contribution in [1.29, 1.82) is 0 Å². The lowest BCUT2D eigenvalue weighted by Gasteiger charge is -2.34. The van der Waals surface area contributed by atoms with Gasteiger partial charge in [0, 0.05) is 43.8 Å². The molecule has 4 N–H and O–H groups in total. The summed E-state index contributed by atoms with van der Waals surface area (Å²) in [6.45, 7) is 7.01. The molecule has 13 heteroatoms. The number of benzene rings is 2. The van der Waals surface area contributed by atoms with Crippen molar-refractivity contribution >= 4 is 55.6 Å². The molecule has 44 heavy (non-hydrogen) atoms. The molecule has 1 fully saturated rings. The van der Waals surface area contributed by atoms with Gasteiger partial charge in [0.15, 0.2) is 0 Å². The van der Waals surface area contributed by atoms with Crippen molar-refractivity contribution in [2.75, 3.05) is 49.1 Å².